The van der Waals surface area contributed by atoms with Crippen LogP contribution in [-0.4, -0.2) is 47.9 Å². The van der Waals surface area contributed by atoms with E-state index in [1.165, 1.54) is 32.5 Å². The molecular formula is C12H23ClN4. The van der Waals surface area contributed by atoms with E-state index in [1.54, 1.807) is 0 Å². The summed E-state index contributed by atoms with van der Waals surface area (Å²) < 4.78 is 2.00. The van der Waals surface area contributed by atoms with Crippen LogP contribution in [0.2, 0.25) is 0 Å². The summed E-state index contributed by atoms with van der Waals surface area (Å²) in [5.41, 5.74) is 0. The van der Waals surface area contributed by atoms with Crippen LogP contribution in [0.3, 0.4) is 0 Å². The van der Waals surface area contributed by atoms with Gasteiger partial charge in [-0.05, 0) is 45.0 Å². The maximum atomic E-state index is 4.21. The van der Waals surface area contributed by atoms with E-state index in [2.05, 4.69) is 22.4 Å². The molecule has 1 saturated heterocycles. The van der Waals surface area contributed by atoms with Gasteiger partial charge in [0, 0.05) is 25.5 Å². The quantitative estimate of drug-likeness (QED) is 0.863. The predicted octanol–water partition coefficient (Wildman–Crippen LogP) is 1.24. The monoisotopic (exact) mass is 258 g/mol. The average Bonchev–Trinajstić information content (AvgIpc) is 2.81. The molecule has 0 aliphatic carbocycles. The molecule has 4 nitrogen and oxygen atoms in total. The lowest BCUT2D eigenvalue weighted by molar-refractivity contribution is 0.234. The highest BCUT2D eigenvalue weighted by Gasteiger charge is 2.14. The maximum Gasteiger partial charge on any atom is 0.0536 e. The molecule has 98 valence electrons. The largest absolute Gasteiger partial charge is 0.316 e. The molecule has 0 saturated carbocycles. The summed E-state index contributed by atoms with van der Waals surface area (Å²) in [6, 6.07) is 1.98. The minimum Gasteiger partial charge on any atom is -0.316 e. The number of nitrogens with one attached hydrogen (secondary N) is 1. The van der Waals surface area contributed by atoms with Crippen LogP contribution in [0.15, 0.2) is 18.5 Å². The minimum atomic E-state index is 0. The number of likely N-dealkylation sites (N-methyl/N-ethyl adjacent to an activating group) is 1. The lowest BCUT2D eigenvalue weighted by Gasteiger charge is -2.27. The fourth-order valence-corrected chi connectivity index (χ4v) is 2.32. The third-order valence-corrected chi connectivity index (χ3v) is 3.24. The van der Waals surface area contributed by atoms with Gasteiger partial charge in [-0.15, -0.1) is 12.4 Å². The summed E-state index contributed by atoms with van der Waals surface area (Å²) >= 11 is 0. The van der Waals surface area contributed by atoms with Gasteiger partial charge < -0.3 is 10.2 Å². The summed E-state index contributed by atoms with van der Waals surface area (Å²) in [4.78, 5) is 2.42. The van der Waals surface area contributed by atoms with Crippen molar-refractivity contribution >= 4 is 12.4 Å². The van der Waals surface area contributed by atoms with Crippen molar-refractivity contribution in [2.45, 2.75) is 19.4 Å². The molecule has 17 heavy (non-hydrogen) atoms. The van der Waals surface area contributed by atoms with E-state index in [9.17, 15) is 0 Å². The van der Waals surface area contributed by atoms with Crippen LogP contribution >= 0.6 is 12.4 Å². The van der Waals surface area contributed by atoms with Gasteiger partial charge in [-0.25, -0.2) is 0 Å². The Morgan fingerprint density at radius 2 is 2.41 bits per heavy atom. The molecule has 0 amide bonds. The fourth-order valence-electron chi connectivity index (χ4n) is 2.32. The van der Waals surface area contributed by atoms with Gasteiger partial charge in [0.15, 0.2) is 0 Å². The smallest absolute Gasteiger partial charge is 0.0536 e. The third kappa shape index (κ3) is 5.06. The van der Waals surface area contributed by atoms with Crippen molar-refractivity contribution in [3.8, 4) is 0 Å². The third-order valence-electron chi connectivity index (χ3n) is 3.24. The molecule has 0 aromatic carbocycles. The van der Waals surface area contributed by atoms with Crippen molar-refractivity contribution in [2.75, 3.05) is 33.2 Å². The van der Waals surface area contributed by atoms with Gasteiger partial charge in [0.2, 0.25) is 0 Å². The standard InChI is InChI=1S/C12H22N4.ClH/c1-15(8-9-16-7-3-6-14-16)11-12-4-2-5-13-10-12;/h3,6-7,12-13H,2,4-5,8-11H2,1H3;1H. The van der Waals surface area contributed by atoms with Crippen molar-refractivity contribution in [1.29, 1.82) is 0 Å². The van der Waals surface area contributed by atoms with Gasteiger partial charge >= 0.3 is 0 Å². The minimum absolute atomic E-state index is 0. The molecule has 1 unspecified atom stereocenters. The molecule has 1 fully saturated rings. The number of piperidine rings is 1. The summed E-state index contributed by atoms with van der Waals surface area (Å²) in [5, 5.41) is 7.68. The molecule has 0 bridgehead atoms. The molecule has 2 heterocycles. The number of hydrogen-bond donors (Lipinski definition) is 1. The normalized spacial score (nSPS) is 20.2. The molecule has 0 radical (unpaired) electrons. The van der Waals surface area contributed by atoms with Crippen LogP contribution in [0.25, 0.3) is 0 Å². The van der Waals surface area contributed by atoms with Crippen LogP contribution in [0.4, 0.5) is 0 Å². The maximum absolute atomic E-state index is 4.21. The SMILES string of the molecule is CN(CCn1cccn1)CC1CCCNC1.Cl. The first-order valence-corrected chi connectivity index (χ1v) is 6.21. The number of aromatic nitrogens is 2. The Hall–Kier alpha value is -0.580. The zero-order valence-corrected chi connectivity index (χ0v) is 11.3. The fraction of sp³-hybridized carbons (Fsp3) is 0.750. The lowest BCUT2D eigenvalue weighted by Crippen LogP contribution is -2.37. The highest BCUT2D eigenvalue weighted by Crippen LogP contribution is 2.10. The van der Waals surface area contributed by atoms with Crippen molar-refractivity contribution in [1.82, 2.24) is 20.0 Å². The number of nitrogens with zero attached hydrogens (tertiary/aromatic N) is 3. The van der Waals surface area contributed by atoms with Gasteiger partial charge in [0.1, 0.15) is 0 Å². The van der Waals surface area contributed by atoms with Crippen LogP contribution in [-0.2, 0) is 6.54 Å². The molecule has 1 aliphatic heterocycles. The van der Waals surface area contributed by atoms with Gasteiger partial charge in [-0.1, -0.05) is 0 Å². The highest BCUT2D eigenvalue weighted by molar-refractivity contribution is 5.85. The molecular weight excluding hydrogens is 236 g/mol. The van der Waals surface area contributed by atoms with E-state index in [0.717, 1.165) is 19.0 Å². The Kier molecular flexibility index (Phi) is 6.55. The Balaban J connectivity index is 0.00000144. The Morgan fingerprint density at radius 3 is 3.06 bits per heavy atom. The number of hydrogen-bond acceptors (Lipinski definition) is 3. The molecule has 1 aromatic heterocycles. The molecule has 2 rings (SSSR count). The predicted molar refractivity (Wildman–Crippen MR) is 72.6 cm³/mol. The summed E-state index contributed by atoms with van der Waals surface area (Å²) in [6.07, 6.45) is 6.57. The van der Waals surface area contributed by atoms with E-state index in [4.69, 9.17) is 0 Å². The van der Waals surface area contributed by atoms with Gasteiger partial charge in [0.05, 0.1) is 6.54 Å². The van der Waals surface area contributed by atoms with Crippen molar-refractivity contribution in [3.63, 3.8) is 0 Å². The van der Waals surface area contributed by atoms with Crippen molar-refractivity contribution < 1.29 is 0 Å². The zero-order valence-electron chi connectivity index (χ0n) is 10.5. The highest BCUT2D eigenvalue weighted by atomic mass is 35.5. The Labute approximate surface area is 110 Å². The molecule has 1 aromatic rings. The van der Waals surface area contributed by atoms with Crippen LogP contribution < -0.4 is 5.32 Å². The van der Waals surface area contributed by atoms with Gasteiger partial charge in [0.25, 0.3) is 0 Å². The summed E-state index contributed by atoms with van der Waals surface area (Å²) in [5.74, 6) is 0.830. The van der Waals surface area contributed by atoms with E-state index < -0.39 is 0 Å². The molecule has 0 spiro atoms. The first-order chi connectivity index (χ1) is 7.84. The number of halogens is 1. The first-order valence-electron chi connectivity index (χ1n) is 6.21. The summed E-state index contributed by atoms with van der Waals surface area (Å²) in [6.45, 7) is 5.66. The van der Waals surface area contributed by atoms with Crippen molar-refractivity contribution in [3.05, 3.63) is 18.5 Å². The number of rotatable bonds is 5. The van der Waals surface area contributed by atoms with E-state index in [-0.39, 0.29) is 12.4 Å². The first kappa shape index (κ1) is 14.5. The zero-order chi connectivity index (χ0) is 11.2. The average molecular weight is 259 g/mol. The van der Waals surface area contributed by atoms with Crippen molar-refractivity contribution in [2.24, 2.45) is 5.92 Å². The van der Waals surface area contributed by atoms with E-state index in [1.807, 2.05) is 23.1 Å². The van der Waals surface area contributed by atoms with E-state index >= 15 is 0 Å². The summed E-state index contributed by atoms with van der Waals surface area (Å²) in [7, 11) is 2.21. The van der Waals surface area contributed by atoms with E-state index in [0.29, 0.717) is 0 Å². The topological polar surface area (TPSA) is 33.1 Å². The second-order valence-electron chi connectivity index (χ2n) is 4.74. The molecule has 1 aliphatic rings. The lowest BCUT2D eigenvalue weighted by atomic mass is 9.99. The molecule has 1 N–H and O–H groups in total. The Morgan fingerprint density at radius 1 is 1.53 bits per heavy atom. The van der Waals surface area contributed by atoms with Crippen LogP contribution in [0.5, 0.6) is 0 Å². The van der Waals surface area contributed by atoms with Gasteiger partial charge in [-0.3, -0.25) is 4.68 Å². The van der Waals surface area contributed by atoms with Gasteiger partial charge in [-0.2, -0.15) is 5.10 Å². The second-order valence-corrected chi connectivity index (χ2v) is 4.74. The molecule has 5 heteroatoms. The second kappa shape index (κ2) is 7.69. The van der Waals surface area contributed by atoms with Crippen LogP contribution in [0.1, 0.15) is 12.8 Å². The Bertz CT molecular complexity index is 283. The van der Waals surface area contributed by atoms with Crippen LogP contribution in [0, 0.1) is 5.92 Å². The molecule has 1 atom stereocenters.